The molecule has 3 heteroatoms. The normalized spacial score (nSPS) is 11.4. The molecule has 0 aliphatic heterocycles. The van der Waals surface area contributed by atoms with Gasteiger partial charge in [0.1, 0.15) is 12.4 Å². The molecule has 2 N–H and O–H groups in total. The fourth-order valence-corrected chi connectivity index (χ4v) is 1.43. The van der Waals surface area contributed by atoms with Crippen molar-refractivity contribution in [2.75, 3.05) is 6.61 Å². The molecule has 0 fully saturated rings. The van der Waals surface area contributed by atoms with Crippen LogP contribution in [0.1, 0.15) is 73.8 Å². The molecule has 0 spiro atoms. The molecular formula is C24H44N2O. The summed E-state index contributed by atoms with van der Waals surface area (Å²) in [6.07, 6.45) is 12.6. The van der Waals surface area contributed by atoms with Gasteiger partial charge in [-0.1, -0.05) is 60.6 Å². The van der Waals surface area contributed by atoms with Crippen molar-refractivity contribution in [3.63, 3.8) is 0 Å². The first-order valence-electron chi connectivity index (χ1n) is 10.2. The summed E-state index contributed by atoms with van der Waals surface area (Å²) in [5.74, 6) is 0.853. The lowest BCUT2D eigenvalue weighted by atomic mass is 10.2. The van der Waals surface area contributed by atoms with E-state index in [4.69, 9.17) is 10.5 Å². The number of aromatic nitrogens is 1. The topological polar surface area (TPSA) is 48.1 Å². The number of hydrogen-bond donors (Lipinski definition) is 1. The van der Waals surface area contributed by atoms with Crippen LogP contribution in [0.3, 0.4) is 0 Å². The second-order valence-corrected chi connectivity index (χ2v) is 5.68. The van der Waals surface area contributed by atoms with E-state index in [1.165, 1.54) is 12.0 Å². The Balaban J connectivity index is -0.000000371. The Kier molecular flexibility index (Phi) is 26.7. The van der Waals surface area contributed by atoms with Gasteiger partial charge in [0.05, 0.1) is 0 Å². The highest BCUT2D eigenvalue weighted by Crippen LogP contribution is 2.06. The van der Waals surface area contributed by atoms with Crippen LogP contribution in [0.25, 0.3) is 0 Å². The number of hydrogen-bond acceptors (Lipinski definition) is 3. The minimum atomic E-state index is 0.113. The molecule has 1 atom stereocenters. The Morgan fingerprint density at radius 1 is 1.19 bits per heavy atom. The molecular weight excluding hydrogens is 332 g/mol. The van der Waals surface area contributed by atoms with Gasteiger partial charge in [0.2, 0.25) is 0 Å². The zero-order chi connectivity index (χ0) is 21.5. The predicted octanol–water partition coefficient (Wildman–Crippen LogP) is 6.86. The average Bonchev–Trinajstić information content (AvgIpc) is 2.73. The van der Waals surface area contributed by atoms with Crippen molar-refractivity contribution >= 4 is 0 Å². The maximum absolute atomic E-state index is 5.75. The Labute approximate surface area is 169 Å². The SMILES string of the molecule is C=C/C(C)=C\C(=C/C)OCC(N)CC.CC.CCC.CCc1ccncc1. The van der Waals surface area contributed by atoms with Crippen LogP contribution in [0.2, 0.25) is 0 Å². The molecule has 0 aliphatic carbocycles. The Morgan fingerprint density at radius 3 is 2.04 bits per heavy atom. The predicted molar refractivity (Wildman–Crippen MR) is 123 cm³/mol. The van der Waals surface area contributed by atoms with E-state index in [2.05, 4.69) is 32.3 Å². The molecule has 1 heterocycles. The lowest BCUT2D eigenvalue weighted by Crippen LogP contribution is -2.24. The zero-order valence-corrected chi connectivity index (χ0v) is 19.1. The smallest absolute Gasteiger partial charge is 0.115 e. The molecule has 0 amide bonds. The molecule has 0 bridgehead atoms. The molecule has 0 saturated carbocycles. The second kappa shape index (κ2) is 24.1. The van der Waals surface area contributed by atoms with Gasteiger partial charge < -0.3 is 10.5 Å². The van der Waals surface area contributed by atoms with Crippen LogP contribution in [-0.4, -0.2) is 17.6 Å². The molecule has 1 aromatic heterocycles. The van der Waals surface area contributed by atoms with Gasteiger partial charge in [-0.3, -0.25) is 4.98 Å². The number of ether oxygens (including phenoxy) is 1. The minimum absolute atomic E-state index is 0.113. The van der Waals surface area contributed by atoms with Gasteiger partial charge in [0, 0.05) is 18.4 Å². The third-order valence-corrected chi connectivity index (χ3v) is 3.12. The van der Waals surface area contributed by atoms with Gasteiger partial charge in [0.15, 0.2) is 0 Å². The van der Waals surface area contributed by atoms with Crippen LogP contribution < -0.4 is 5.73 Å². The quantitative estimate of drug-likeness (QED) is 0.417. The van der Waals surface area contributed by atoms with Crippen molar-refractivity contribution < 1.29 is 4.74 Å². The third-order valence-electron chi connectivity index (χ3n) is 3.12. The second-order valence-electron chi connectivity index (χ2n) is 5.68. The first-order valence-corrected chi connectivity index (χ1v) is 10.2. The van der Waals surface area contributed by atoms with Crippen molar-refractivity contribution in [2.24, 2.45) is 5.73 Å². The summed E-state index contributed by atoms with van der Waals surface area (Å²) in [6.45, 7) is 20.6. The molecule has 0 aromatic carbocycles. The molecule has 1 unspecified atom stereocenters. The minimum Gasteiger partial charge on any atom is -0.492 e. The van der Waals surface area contributed by atoms with E-state index in [1.54, 1.807) is 6.08 Å². The summed E-state index contributed by atoms with van der Waals surface area (Å²) in [5, 5.41) is 0. The number of rotatable bonds is 7. The highest BCUT2D eigenvalue weighted by Gasteiger charge is 2.00. The van der Waals surface area contributed by atoms with Gasteiger partial charge in [0.25, 0.3) is 0 Å². The van der Waals surface area contributed by atoms with Crippen LogP contribution >= 0.6 is 0 Å². The molecule has 3 nitrogen and oxygen atoms in total. The summed E-state index contributed by atoms with van der Waals surface area (Å²) in [7, 11) is 0. The number of pyridine rings is 1. The third kappa shape index (κ3) is 22.1. The molecule has 0 saturated heterocycles. The van der Waals surface area contributed by atoms with Crippen molar-refractivity contribution in [2.45, 2.75) is 80.7 Å². The standard InChI is InChI=1S/C12H21NO.C7H9N.C3H8.C2H6/c1-5-10(4)8-12(7-3)14-9-11(13)6-2;1-2-7-3-5-8-6-4-7;1-3-2;1-2/h5,7-8,11H,1,6,9,13H2,2-4H3;3-6H,2H2,1H3;3H2,1-2H3;1-2H3/b10-8-,12-7+;;;. The Hall–Kier alpha value is -1.87. The van der Waals surface area contributed by atoms with Crippen LogP contribution in [0, 0.1) is 0 Å². The van der Waals surface area contributed by atoms with Crippen molar-refractivity contribution in [1.29, 1.82) is 0 Å². The fourth-order valence-electron chi connectivity index (χ4n) is 1.43. The average molecular weight is 377 g/mol. The van der Waals surface area contributed by atoms with E-state index in [9.17, 15) is 0 Å². The summed E-state index contributed by atoms with van der Waals surface area (Å²) >= 11 is 0. The summed E-state index contributed by atoms with van der Waals surface area (Å²) in [5.41, 5.74) is 8.18. The monoisotopic (exact) mass is 376 g/mol. The number of aryl methyl sites for hydroxylation is 1. The van der Waals surface area contributed by atoms with Crippen molar-refractivity contribution in [3.05, 3.63) is 66.2 Å². The Morgan fingerprint density at radius 2 is 1.70 bits per heavy atom. The summed E-state index contributed by atoms with van der Waals surface area (Å²) < 4.78 is 5.53. The Bertz CT molecular complexity index is 478. The highest BCUT2D eigenvalue weighted by molar-refractivity contribution is 5.23. The van der Waals surface area contributed by atoms with Gasteiger partial charge in [-0.15, -0.1) is 0 Å². The molecule has 156 valence electrons. The van der Waals surface area contributed by atoms with E-state index in [0.717, 1.165) is 24.2 Å². The largest absolute Gasteiger partial charge is 0.492 e. The first kappa shape index (κ1) is 29.9. The summed E-state index contributed by atoms with van der Waals surface area (Å²) in [4.78, 5) is 3.89. The van der Waals surface area contributed by atoms with Crippen molar-refractivity contribution in [1.82, 2.24) is 4.98 Å². The number of allylic oxidation sites excluding steroid dienone is 4. The van der Waals surface area contributed by atoms with Crippen LogP contribution in [0.5, 0.6) is 0 Å². The van der Waals surface area contributed by atoms with Crippen LogP contribution in [0.15, 0.2) is 60.7 Å². The van der Waals surface area contributed by atoms with Gasteiger partial charge in [-0.25, -0.2) is 0 Å². The molecule has 27 heavy (non-hydrogen) atoms. The van der Waals surface area contributed by atoms with E-state index in [-0.39, 0.29) is 6.04 Å². The molecule has 1 aromatic rings. The van der Waals surface area contributed by atoms with Crippen LogP contribution in [0.4, 0.5) is 0 Å². The fraction of sp³-hybridized carbons (Fsp3) is 0.542. The first-order chi connectivity index (χ1) is 13.0. The van der Waals surface area contributed by atoms with Crippen LogP contribution in [-0.2, 0) is 11.2 Å². The van der Waals surface area contributed by atoms with E-state index < -0.39 is 0 Å². The van der Waals surface area contributed by atoms with Gasteiger partial charge in [-0.2, -0.15) is 0 Å². The molecule has 0 aliphatic rings. The zero-order valence-electron chi connectivity index (χ0n) is 19.1. The number of nitrogens with two attached hydrogens (primary N) is 1. The maximum atomic E-state index is 5.75. The van der Waals surface area contributed by atoms with E-state index >= 15 is 0 Å². The van der Waals surface area contributed by atoms with Gasteiger partial charge >= 0.3 is 0 Å². The summed E-state index contributed by atoms with van der Waals surface area (Å²) in [6, 6.07) is 4.17. The van der Waals surface area contributed by atoms with Gasteiger partial charge in [-0.05, 0) is 62.1 Å². The van der Waals surface area contributed by atoms with Crippen molar-refractivity contribution in [3.8, 4) is 0 Å². The van der Waals surface area contributed by atoms with E-state index in [0.29, 0.717) is 6.61 Å². The van der Waals surface area contributed by atoms with E-state index in [1.807, 2.05) is 71.3 Å². The lowest BCUT2D eigenvalue weighted by molar-refractivity contribution is 0.202. The lowest BCUT2D eigenvalue weighted by Gasteiger charge is -2.11. The highest BCUT2D eigenvalue weighted by atomic mass is 16.5. The molecule has 0 radical (unpaired) electrons. The molecule has 1 rings (SSSR count). The maximum Gasteiger partial charge on any atom is 0.115 e. The number of nitrogens with zero attached hydrogens (tertiary/aromatic N) is 1.